The first kappa shape index (κ1) is 13.6. The molecule has 1 aromatic rings. The number of halogens is 3. The Kier molecular flexibility index (Phi) is 3.14. The van der Waals surface area contributed by atoms with Crippen molar-refractivity contribution in [1.29, 1.82) is 0 Å². The van der Waals surface area contributed by atoms with Crippen molar-refractivity contribution >= 4 is 11.8 Å². The summed E-state index contributed by atoms with van der Waals surface area (Å²) >= 11 is 0. The normalized spacial score (nSPS) is 16.7. The van der Waals surface area contributed by atoms with Gasteiger partial charge in [-0.05, 0) is 36.6 Å². The molecule has 1 fully saturated rings. The molecule has 0 heterocycles. The van der Waals surface area contributed by atoms with Gasteiger partial charge in [0.2, 0.25) is 6.08 Å². The second-order valence-electron chi connectivity index (χ2n) is 4.86. The number of hydrogen-bond donors (Lipinski definition) is 0. The first-order valence-corrected chi connectivity index (χ1v) is 5.78. The molecule has 1 aliphatic carbocycles. The highest BCUT2D eigenvalue weighted by atomic mass is 19.4. The Morgan fingerprint density at radius 3 is 2.37 bits per heavy atom. The maximum atomic E-state index is 13.0. The van der Waals surface area contributed by atoms with Crippen LogP contribution in [0.4, 0.5) is 18.9 Å². The Bertz CT molecular complexity index is 541. The minimum atomic E-state index is -4.45. The molecule has 3 nitrogen and oxygen atoms in total. The smallest absolute Gasteiger partial charge is 0.378 e. The number of isocyanates is 1. The van der Waals surface area contributed by atoms with Crippen LogP contribution in [0, 0.1) is 0 Å². The predicted molar refractivity (Wildman–Crippen MR) is 64.8 cm³/mol. The van der Waals surface area contributed by atoms with E-state index in [1.54, 1.807) is 19.0 Å². The molecule has 0 atom stereocenters. The van der Waals surface area contributed by atoms with Gasteiger partial charge in [-0.1, -0.05) is 0 Å². The van der Waals surface area contributed by atoms with Gasteiger partial charge in [0.1, 0.15) is 0 Å². The number of carbonyl (C=O) groups excluding carboxylic acids is 1. The number of alkyl halides is 3. The van der Waals surface area contributed by atoms with E-state index in [1.165, 1.54) is 18.2 Å². The molecule has 1 saturated carbocycles. The van der Waals surface area contributed by atoms with Crippen molar-refractivity contribution in [3.63, 3.8) is 0 Å². The van der Waals surface area contributed by atoms with Gasteiger partial charge in [-0.15, -0.1) is 0 Å². The summed E-state index contributed by atoms with van der Waals surface area (Å²) in [5, 5.41) is 0. The summed E-state index contributed by atoms with van der Waals surface area (Å²) in [6.45, 7) is 0. The van der Waals surface area contributed by atoms with Gasteiger partial charge in [0.25, 0.3) is 0 Å². The maximum absolute atomic E-state index is 13.0. The highest BCUT2D eigenvalue weighted by molar-refractivity contribution is 5.55. The molecule has 0 N–H and O–H groups in total. The lowest BCUT2D eigenvalue weighted by Crippen LogP contribution is -2.17. The lowest BCUT2D eigenvalue weighted by atomic mass is 9.97. The summed E-state index contributed by atoms with van der Waals surface area (Å²) in [5.74, 6) is 0. The molecule has 0 aromatic heterocycles. The lowest BCUT2D eigenvalue weighted by molar-refractivity contribution is -0.138. The highest BCUT2D eigenvalue weighted by Gasteiger charge is 2.50. The van der Waals surface area contributed by atoms with Gasteiger partial charge in [0.05, 0.1) is 11.1 Å². The van der Waals surface area contributed by atoms with E-state index in [0.717, 1.165) is 6.07 Å². The molecule has 0 unspecified atom stereocenters. The molecule has 0 bridgehead atoms. The summed E-state index contributed by atoms with van der Waals surface area (Å²) in [7, 11) is 3.49. The fraction of sp³-hybridized carbons (Fsp3) is 0.462. The predicted octanol–water partition coefficient (Wildman–Crippen LogP) is 3.10. The van der Waals surface area contributed by atoms with Crippen molar-refractivity contribution in [2.75, 3.05) is 19.0 Å². The Labute approximate surface area is 108 Å². The Morgan fingerprint density at radius 2 is 1.95 bits per heavy atom. The number of benzene rings is 1. The van der Waals surface area contributed by atoms with Crippen molar-refractivity contribution in [2.45, 2.75) is 24.6 Å². The van der Waals surface area contributed by atoms with Crippen LogP contribution < -0.4 is 4.90 Å². The van der Waals surface area contributed by atoms with Crippen molar-refractivity contribution in [3.05, 3.63) is 29.3 Å². The number of hydrogen-bond acceptors (Lipinski definition) is 3. The van der Waals surface area contributed by atoms with Crippen LogP contribution in [0.15, 0.2) is 23.2 Å². The molecule has 0 radical (unpaired) electrons. The number of rotatable bonds is 3. The fourth-order valence-electron chi connectivity index (χ4n) is 2.09. The van der Waals surface area contributed by atoms with Crippen LogP contribution in [-0.4, -0.2) is 20.2 Å². The zero-order valence-corrected chi connectivity index (χ0v) is 10.6. The maximum Gasteiger partial charge on any atom is 0.416 e. The zero-order valence-electron chi connectivity index (χ0n) is 10.6. The lowest BCUT2D eigenvalue weighted by Gasteiger charge is -2.20. The van der Waals surface area contributed by atoms with E-state index >= 15 is 0 Å². The monoisotopic (exact) mass is 270 g/mol. The van der Waals surface area contributed by atoms with Gasteiger partial charge in [-0.25, -0.2) is 4.79 Å². The molecule has 0 aliphatic heterocycles. The van der Waals surface area contributed by atoms with Gasteiger partial charge in [-0.2, -0.15) is 18.2 Å². The van der Waals surface area contributed by atoms with E-state index in [2.05, 4.69) is 4.99 Å². The molecule has 6 heteroatoms. The van der Waals surface area contributed by atoms with Crippen LogP contribution in [0.5, 0.6) is 0 Å². The third kappa shape index (κ3) is 2.49. The number of anilines is 1. The van der Waals surface area contributed by atoms with Gasteiger partial charge < -0.3 is 4.90 Å². The third-order valence-corrected chi connectivity index (χ3v) is 3.31. The Balaban J connectivity index is 2.61. The number of nitrogens with zero attached hydrogens (tertiary/aromatic N) is 2. The summed E-state index contributed by atoms with van der Waals surface area (Å²) in [6, 6.07) is 3.91. The quantitative estimate of drug-likeness (QED) is 0.624. The average molecular weight is 270 g/mol. The molecule has 19 heavy (non-hydrogen) atoms. The first-order valence-electron chi connectivity index (χ1n) is 5.78. The average Bonchev–Trinajstić information content (AvgIpc) is 3.08. The molecule has 0 saturated heterocycles. The van der Waals surface area contributed by atoms with Crippen LogP contribution in [0.2, 0.25) is 0 Å². The van der Waals surface area contributed by atoms with Gasteiger partial charge in [0.15, 0.2) is 0 Å². The first-order chi connectivity index (χ1) is 8.80. The van der Waals surface area contributed by atoms with Crippen LogP contribution in [0.25, 0.3) is 0 Å². The van der Waals surface area contributed by atoms with E-state index in [1.807, 2.05) is 0 Å². The number of aliphatic imine (C=N–C) groups is 1. The van der Waals surface area contributed by atoms with E-state index < -0.39 is 17.3 Å². The van der Waals surface area contributed by atoms with Gasteiger partial charge >= 0.3 is 6.18 Å². The molecule has 1 aliphatic rings. The zero-order chi connectivity index (χ0) is 14.3. The second kappa shape index (κ2) is 4.38. The van der Waals surface area contributed by atoms with Gasteiger partial charge in [-0.3, -0.25) is 0 Å². The third-order valence-electron chi connectivity index (χ3n) is 3.31. The van der Waals surface area contributed by atoms with Crippen molar-refractivity contribution in [3.8, 4) is 0 Å². The highest BCUT2D eigenvalue weighted by Crippen LogP contribution is 2.53. The van der Waals surface area contributed by atoms with Crippen LogP contribution in [-0.2, 0) is 16.5 Å². The molecular weight excluding hydrogens is 257 g/mol. The van der Waals surface area contributed by atoms with Crippen LogP contribution in [0.3, 0.4) is 0 Å². The second-order valence-corrected chi connectivity index (χ2v) is 4.86. The topological polar surface area (TPSA) is 32.7 Å². The summed E-state index contributed by atoms with van der Waals surface area (Å²) < 4.78 is 39.1. The standard InChI is InChI=1S/C13H13F3N2O/c1-18(2)9-3-4-10(13(14,15)16)11(7-9)12(5-6-12)17-8-19/h3-4,7H,5-6H2,1-2H3. The summed E-state index contributed by atoms with van der Waals surface area (Å²) in [5.41, 5.74) is -1.04. The molecule has 0 spiro atoms. The SMILES string of the molecule is CN(C)c1ccc(C(F)(F)F)c(C2(N=C=O)CC2)c1. The Hall–Kier alpha value is -1.81. The van der Waals surface area contributed by atoms with Crippen molar-refractivity contribution in [1.82, 2.24) is 0 Å². The largest absolute Gasteiger partial charge is 0.416 e. The van der Waals surface area contributed by atoms with E-state index in [9.17, 15) is 18.0 Å². The van der Waals surface area contributed by atoms with E-state index in [0.29, 0.717) is 18.5 Å². The molecule has 102 valence electrons. The van der Waals surface area contributed by atoms with Crippen LogP contribution in [0.1, 0.15) is 24.0 Å². The van der Waals surface area contributed by atoms with Gasteiger partial charge in [0, 0.05) is 19.8 Å². The van der Waals surface area contributed by atoms with Crippen molar-refractivity contribution < 1.29 is 18.0 Å². The summed E-state index contributed by atoms with van der Waals surface area (Å²) in [6.07, 6.45) is -2.17. The fourth-order valence-corrected chi connectivity index (χ4v) is 2.09. The molecule has 0 amide bonds. The Morgan fingerprint density at radius 1 is 1.32 bits per heavy atom. The minimum absolute atomic E-state index is 0.0644. The summed E-state index contributed by atoms with van der Waals surface area (Å²) in [4.78, 5) is 15.7. The molecule has 1 aromatic carbocycles. The van der Waals surface area contributed by atoms with E-state index in [4.69, 9.17) is 0 Å². The van der Waals surface area contributed by atoms with E-state index in [-0.39, 0.29) is 5.56 Å². The molecule has 2 rings (SSSR count). The minimum Gasteiger partial charge on any atom is -0.378 e. The molecular formula is C13H13F3N2O. The van der Waals surface area contributed by atoms with Crippen LogP contribution >= 0.6 is 0 Å². The van der Waals surface area contributed by atoms with Crippen molar-refractivity contribution in [2.24, 2.45) is 4.99 Å².